The Morgan fingerprint density at radius 1 is 0.886 bits per heavy atom. The van der Waals surface area contributed by atoms with Crippen LogP contribution in [0, 0.1) is 15.9 Å². The van der Waals surface area contributed by atoms with Crippen LogP contribution in [0.15, 0.2) is 73.1 Å². The molecule has 8 nitrogen and oxygen atoms in total. The number of aromatic nitrogens is 1. The molecule has 1 heterocycles. The molecular weight excluding hydrogens is 455 g/mol. The van der Waals surface area contributed by atoms with Crippen LogP contribution in [0.5, 0.6) is 17.2 Å². The number of carbonyl (C=O) groups is 1. The zero-order valence-corrected chi connectivity index (χ0v) is 19.2. The highest BCUT2D eigenvalue weighted by molar-refractivity contribution is 6.14. The summed E-state index contributed by atoms with van der Waals surface area (Å²) in [6, 6.07) is 14.9. The van der Waals surface area contributed by atoms with E-state index in [9.17, 15) is 19.3 Å². The van der Waals surface area contributed by atoms with Gasteiger partial charge in [0.05, 0.1) is 31.8 Å². The number of hydrogen-bond donors (Lipinski definition) is 0. The first-order chi connectivity index (χ1) is 16.9. The number of ether oxygens (including phenoxy) is 3. The van der Waals surface area contributed by atoms with E-state index < -0.39 is 16.5 Å². The van der Waals surface area contributed by atoms with E-state index in [1.165, 1.54) is 63.9 Å². The Hall–Kier alpha value is -4.66. The summed E-state index contributed by atoms with van der Waals surface area (Å²) in [5, 5.41) is 11.7. The molecule has 0 bridgehead atoms. The summed E-state index contributed by atoms with van der Waals surface area (Å²) < 4.78 is 31.5. The van der Waals surface area contributed by atoms with Crippen molar-refractivity contribution in [3.05, 3.63) is 100 Å². The molecule has 0 saturated carbocycles. The third kappa shape index (κ3) is 4.43. The smallest absolute Gasteiger partial charge is 0.277 e. The zero-order chi connectivity index (χ0) is 25.1. The van der Waals surface area contributed by atoms with Crippen molar-refractivity contribution >= 4 is 11.5 Å². The lowest BCUT2D eigenvalue weighted by molar-refractivity contribution is -0.384. The molecule has 0 aliphatic carbocycles. The molecule has 178 valence electrons. The van der Waals surface area contributed by atoms with Crippen LogP contribution in [0.3, 0.4) is 0 Å². The van der Waals surface area contributed by atoms with Crippen molar-refractivity contribution in [1.29, 1.82) is 0 Å². The summed E-state index contributed by atoms with van der Waals surface area (Å²) in [4.78, 5) is 25.0. The lowest BCUT2D eigenvalue weighted by Crippen LogP contribution is -2.05. The monoisotopic (exact) mass is 476 g/mol. The van der Waals surface area contributed by atoms with E-state index in [0.29, 0.717) is 17.0 Å². The SMILES string of the molecule is COc1cc(C(=O)c2cn(-c3cccc(F)c3)cc2-c2ccccc2[N+](=O)[O-])cc(OC)c1OC. The molecule has 0 radical (unpaired) electrons. The number of para-hydroxylation sites is 1. The third-order valence-corrected chi connectivity index (χ3v) is 5.50. The molecular formula is C26H21FN2O6. The standard InChI is InChI=1S/C26H21FN2O6/c1-33-23-11-16(12-24(34-2)26(23)35-3)25(30)21-15-28(18-8-6-7-17(27)13-18)14-20(21)19-9-4-5-10-22(19)29(31)32/h4-15H,1-3H3. The molecule has 4 aromatic rings. The third-order valence-electron chi connectivity index (χ3n) is 5.50. The number of nitro benzene ring substituents is 1. The summed E-state index contributed by atoms with van der Waals surface area (Å²) in [6.45, 7) is 0. The molecule has 0 unspecified atom stereocenters. The Kier molecular flexibility index (Phi) is 6.50. The molecule has 0 saturated heterocycles. The van der Waals surface area contributed by atoms with Crippen LogP contribution in [-0.2, 0) is 0 Å². The fourth-order valence-electron chi connectivity index (χ4n) is 3.86. The van der Waals surface area contributed by atoms with Crippen molar-refractivity contribution in [2.45, 2.75) is 0 Å². The molecule has 0 fully saturated rings. The first-order valence-corrected chi connectivity index (χ1v) is 10.4. The normalized spacial score (nSPS) is 10.6. The number of halogens is 1. The first-order valence-electron chi connectivity index (χ1n) is 10.4. The molecule has 4 rings (SSSR count). The largest absolute Gasteiger partial charge is 0.493 e. The number of benzene rings is 3. The highest BCUT2D eigenvalue weighted by Gasteiger charge is 2.25. The van der Waals surface area contributed by atoms with Gasteiger partial charge in [-0.15, -0.1) is 0 Å². The Morgan fingerprint density at radius 3 is 2.17 bits per heavy atom. The van der Waals surface area contributed by atoms with E-state index >= 15 is 0 Å². The molecule has 0 atom stereocenters. The minimum atomic E-state index is -0.511. The lowest BCUT2D eigenvalue weighted by atomic mass is 9.96. The van der Waals surface area contributed by atoms with Gasteiger partial charge in [0.25, 0.3) is 5.69 Å². The number of nitrogens with zero attached hydrogens (tertiary/aromatic N) is 2. The van der Waals surface area contributed by atoms with Crippen LogP contribution in [-0.4, -0.2) is 36.6 Å². The Morgan fingerprint density at radius 2 is 1.57 bits per heavy atom. The van der Waals surface area contributed by atoms with Crippen LogP contribution >= 0.6 is 0 Å². The van der Waals surface area contributed by atoms with Gasteiger partial charge in [-0.3, -0.25) is 14.9 Å². The fraction of sp³-hybridized carbons (Fsp3) is 0.115. The maximum absolute atomic E-state index is 13.9. The average molecular weight is 476 g/mol. The van der Waals surface area contributed by atoms with Gasteiger partial charge in [0.2, 0.25) is 5.75 Å². The summed E-state index contributed by atoms with van der Waals surface area (Å²) >= 11 is 0. The van der Waals surface area contributed by atoms with Gasteiger partial charge < -0.3 is 18.8 Å². The second-order valence-corrected chi connectivity index (χ2v) is 7.49. The van der Waals surface area contributed by atoms with Crippen LogP contribution in [0.4, 0.5) is 10.1 Å². The van der Waals surface area contributed by atoms with Crippen LogP contribution in [0.2, 0.25) is 0 Å². The Balaban J connectivity index is 1.95. The second kappa shape index (κ2) is 9.68. The van der Waals surface area contributed by atoms with Gasteiger partial charge >= 0.3 is 0 Å². The molecule has 9 heteroatoms. The minimum absolute atomic E-state index is 0.163. The van der Waals surface area contributed by atoms with E-state index in [2.05, 4.69) is 0 Å². The summed E-state index contributed by atoms with van der Waals surface area (Å²) in [5.74, 6) is -0.00434. The molecule has 35 heavy (non-hydrogen) atoms. The molecule has 1 aromatic heterocycles. The number of rotatable bonds is 8. The van der Waals surface area contributed by atoms with Gasteiger partial charge in [-0.1, -0.05) is 18.2 Å². The summed E-state index contributed by atoms with van der Waals surface area (Å²) in [7, 11) is 4.32. The van der Waals surface area contributed by atoms with Crippen molar-refractivity contribution < 1.29 is 28.3 Å². The number of carbonyl (C=O) groups excluding carboxylic acids is 1. The summed E-state index contributed by atoms with van der Waals surface area (Å²) in [6.07, 6.45) is 3.09. The van der Waals surface area contributed by atoms with Crippen molar-refractivity contribution in [3.8, 4) is 34.1 Å². The van der Waals surface area contributed by atoms with Gasteiger partial charge in [-0.05, 0) is 36.4 Å². The lowest BCUT2D eigenvalue weighted by Gasteiger charge is -2.14. The van der Waals surface area contributed by atoms with E-state index in [4.69, 9.17) is 14.2 Å². The van der Waals surface area contributed by atoms with Crippen LogP contribution in [0.25, 0.3) is 16.8 Å². The fourth-order valence-corrected chi connectivity index (χ4v) is 3.86. The quantitative estimate of drug-likeness (QED) is 0.191. The van der Waals surface area contributed by atoms with Crippen molar-refractivity contribution in [1.82, 2.24) is 4.57 Å². The highest BCUT2D eigenvalue weighted by atomic mass is 19.1. The molecule has 0 amide bonds. The number of hydrogen-bond acceptors (Lipinski definition) is 6. The van der Waals surface area contributed by atoms with Gasteiger partial charge in [0, 0.05) is 40.8 Å². The van der Waals surface area contributed by atoms with Gasteiger partial charge in [0.1, 0.15) is 5.82 Å². The molecule has 0 spiro atoms. The van der Waals surface area contributed by atoms with Crippen LogP contribution < -0.4 is 14.2 Å². The van der Waals surface area contributed by atoms with E-state index in [1.54, 1.807) is 35.0 Å². The van der Waals surface area contributed by atoms with E-state index in [1.807, 2.05) is 0 Å². The van der Waals surface area contributed by atoms with Crippen molar-refractivity contribution in [2.75, 3.05) is 21.3 Å². The predicted octanol–water partition coefficient (Wildman–Crippen LogP) is 5.45. The van der Waals surface area contributed by atoms with Gasteiger partial charge in [0.15, 0.2) is 17.3 Å². The topological polar surface area (TPSA) is 92.8 Å². The van der Waals surface area contributed by atoms with Gasteiger partial charge in [-0.2, -0.15) is 0 Å². The average Bonchev–Trinajstić information content (AvgIpc) is 3.32. The van der Waals surface area contributed by atoms with Crippen molar-refractivity contribution in [2.24, 2.45) is 0 Å². The molecule has 0 aliphatic heterocycles. The molecule has 3 aromatic carbocycles. The zero-order valence-electron chi connectivity index (χ0n) is 19.2. The first kappa shape index (κ1) is 23.5. The minimum Gasteiger partial charge on any atom is -0.493 e. The van der Waals surface area contributed by atoms with E-state index in [-0.39, 0.29) is 33.9 Å². The van der Waals surface area contributed by atoms with Crippen LogP contribution in [0.1, 0.15) is 15.9 Å². The van der Waals surface area contributed by atoms with Crippen molar-refractivity contribution in [3.63, 3.8) is 0 Å². The maximum atomic E-state index is 13.9. The molecule has 0 N–H and O–H groups in total. The number of nitro groups is 1. The number of methoxy groups -OCH3 is 3. The predicted molar refractivity (Wildman–Crippen MR) is 127 cm³/mol. The Bertz CT molecular complexity index is 1400. The number of ketones is 1. The summed E-state index contributed by atoms with van der Waals surface area (Å²) in [5.41, 5.74) is 1.26. The Labute approximate surface area is 200 Å². The maximum Gasteiger partial charge on any atom is 0.277 e. The second-order valence-electron chi connectivity index (χ2n) is 7.49. The highest BCUT2D eigenvalue weighted by Crippen LogP contribution is 2.40. The van der Waals surface area contributed by atoms with Gasteiger partial charge in [-0.25, -0.2) is 4.39 Å². The van der Waals surface area contributed by atoms with E-state index in [0.717, 1.165) is 0 Å². The molecule has 0 aliphatic rings.